The van der Waals surface area contributed by atoms with E-state index in [4.69, 9.17) is 5.11 Å². The Kier molecular flexibility index (Phi) is 3.53. The van der Waals surface area contributed by atoms with E-state index in [9.17, 15) is 4.79 Å². The Balaban J connectivity index is 1.77. The molecule has 1 saturated carbocycles. The summed E-state index contributed by atoms with van der Waals surface area (Å²) in [7, 11) is 0. The molecule has 1 heterocycles. The zero-order valence-corrected chi connectivity index (χ0v) is 11.5. The first kappa shape index (κ1) is 12.6. The zero-order valence-electron chi connectivity index (χ0n) is 10.7. The Hall–Kier alpha value is -1.39. The van der Waals surface area contributed by atoms with Crippen molar-refractivity contribution in [1.82, 2.24) is 4.90 Å². The summed E-state index contributed by atoms with van der Waals surface area (Å²) in [5, 5.41) is 12.4. The zero-order chi connectivity index (χ0) is 13.2. The van der Waals surface area contributed by atoms with Gasteiger partial charge in [-0.1, -0.05) is 18.2 Å². The molecule has 1 fully saturated rings. The fraction of sp³-hybridized carbons (Fsp3) is 0.400. The SMILES string of the molecule is O=C(O)CN(Cc1csc2ccccc12)CC1CC1. The molecule has 1 aromatic heterocycles. The normalized spacial score (nSPS) is 15.2. The predicted octanol–water partition coefficient (Wildman–Crippen LogP) is 3.20. The first-order valence-corrected chi connectivity index (χ1v) is 7.49. The van der Waals surface area contributed by atoms with Gasteiger partial charge in [-0.25, -0.2) is 0 Å². The number of thiophene rings is 1. The molecule has 1 aliphatic rings. The number of rotatable bonds is 6. The second-order valence-corrected chi connectivity index (χ2v) is 6.18. The molecule has 1 aromatic carbocycles. The maximum Gasteiger partial charge on any atom is 0.317 e. The Labute approximate surface area is 116 Å². The monoisotopic (exact) mass is 275 g/mol. The van der Waals surface area contributed by atoms with Crippen molar-refractivity contribution in [1.29, 1.82) is 0 Å². The number of benzene rings is 1. The van der Waals surface area contributed by atoms with E-state index >= 15 is 0 Å². The number of carboxylic acid groups (broad SMARTS) is 1. The Morgan fingerprint density at radius 3 is 2.89 bits per heavy atom. The van der Waals surface area contributed by atoms with Crippen molar-refractivity contribution in [2.24, 2.45) is 5.92 Å². The molecule has 2 aromatic rings. The van der Waals surface area contributed by atoms with Crippen LogP contribution in [0.3, 0.4) is 0 Å². The third-order valence-corrected chi connectivity index (χ3v) is 4.54. The summed E-state index contributed by atoms with van der Waals surface area (Å²) in [5.74, 6) is -0.0237. The van der Waals surface area contributed by atoms with Crippen LogP contribution in [0.25, 0.3) is 10.1 Å². The number of carboxylic acids is 1. The third kappa shape index (κ3) is 3.14. The number of fused-ring (bicyclic) bond motifs is 1. The Morgan fingerprint density at radius 1 is 1.37 bits per heavy atom. The van der Waals surface area contributed by atoms with Crippen LogP contribution >= 0.6 is 11.3 Å². The summed E-state index contributed by atoms with van der Waals surface area (Å²) in [4.78, 5) is 13.0. The lowest BCUT2D eigenvalue weighted by Crippen LogP contribution is -2.31. The minimum absolute atomic E-state index is 0.140. The largest absolute Gasteiger partial charge is 0.480 e. The predicted molar refractivity (Wildman–Crippen MR) is 77.5 cm³/mol. The second-order valence-electron chi connectivity index (χ2n) is 5.26. The highest BCUT2D eigenvalue weighted by atomic mass is 32.1. The van der Waals surface area contributed by atoms with E-state index in [0.717, 1.165) is 13.1 Å². The molecule has 3 rings (SSSR count). The summed E-state index contributed by atoms with van der Waals surface area (Å²) in [6.45, 7) is 1.80. The quantitative estimate of drug-likeness (QED) is 0.880. The standard InChI is InChI=1S/C15H17NO2S/c17-15(18)9-16(7-11-5-6-11)8-12-10-19-14-4-2-1-3-13(12)14/h1-4,10-11H,5-9H2,(H,17,18). The topological polar surface area (TPSA) is 40.5 Å². The first-order valence-electron chi connectivity index (χ1n) is 6.61. The van der Waals surface area contributed by atoms with Crippen LogP contribution in [0.4, 0.5) is 0 Å². The number of carbonyl (C=O) groups is 1. The van der Waals surface area contributed by atoms with E-state index in [1.807, 2.05) is 12.1 Å². The lowest BCUT2D eigenvalue weighted by Gasteiger charge is -2.19. The lowest BCUT2D eigenvalue weighted by molar-refractivity contribution is -0.138. The molecule has 0 bridgehead atoms. The number of aliphatic carboxylic acids is 1. The Bertz CT molecular complexity index is 589. The molecular weight excluding hydrogens is 258 g/mol. The van der Waals surface area contributed by atoms with Crippen molar-refractivity contribution >= 4 is 27.4 Å². The van der Waals surface area contributed by atoms with Crippen LogP contribution in [0.2, 0.25) is 0 Å². The molecule has 0 unspecified atom stereocenters. The molecule has 3 nitrogen and oxygen atoms in total. The van der Waals surface area contributed by atoms with Gasteiger partial charge < -0.3 is 5.11 Å². The van der Waals surface area contributed by atoms with Crippen LogP contribution in [0.5, 0.6) is 0 Å². The molecule has 0 amide bonds. The van der Waals surface area contributed by atoms with E-state index < -0.39 is 5.97 Å². The summed E-state index contributed by atoms with van der Waals surface area (Å²) < 4.78 is 1.28. The number of nitrogens with zero attached hydrogens (tertiary/aromatic N) is 1. The van der Waals surface area contributed by atoms with Gasteiger partial charge in [0.1, 0.15) is 0 Å². The summed E-state index contributed by atoms with van der Waals surface area (Å²) >= 11 is 1.74. The van der Waals surface area contributed by atoms with Gasteiger partial charge in [-0.15, -0.1) is 11.3 Å². The molecule has 0 spiro atoms. The fourth-order valence-corrected chi connectivity index (χ4v) is 3.39. The van der Waals surface area contributed by atoms with Crippen molar-refractivity contribution < 1.29 is 9.90 Å². The van der Waals surface area contributed by atoms with Crippen LogP contribution in [-0.4, -0.2) is 29.1 Å². The van der Waals surface area contributed by atoms with Gasteiger partial charge in [-0.05, 0) is 41.2 Å². The molecule has 19 heavy (non-hydrogen) atoms. The van der Waals surface area contributed by atoms with Gasteiger partial charge in [0.25, 0.3) is 0 Å². The molecule has 0 aliphatic heterocycles. The second kappa shape index (κ2) is 5.31. The summed E-state index contributed by atoms with van der Waals surface area (Å²) in [6, 6.07) is 8.33. The first-order chi connectivity index (χ1) is 9.22. The van der Waals surface area contributed by atoms with Crippen molar-refractivity contribution in [3.05, 3.63) is 35.2 Å². The van der Waals surface area contributed by atoms with Gasteiger partial charge in [0.05, 0.1) is 6.54 Å². The van der Waals surface area contributed by atoms with Crippen molar-refractivity contribution in [3.8, 4) is 0 Å². The van der Waals surface area contributed by atoms with Gasteiger partial charge in [0, 0.05) is 17.8 Å². The van der Waals surface area contributed by atoms with Crippen LogP contribution in [0, 0.1) is 5.92 Å². The number of hydrogen-bond donors (Lipinski definition) is 1. The summed E-state index contributed by atoms with van der Waals surface area (Å²) in [5.41, 5.74) is 1.25. The molecule has 1 aliphatic carbocycles. The summed E-state index contributed by atoms with van der Waals surface area (Å²) in [6.07, 6.45) is 2.50. The van der Waals surface area contributed by atoms with E-state index in [2.05, 4.69) is 22.4 Å². The maximum absolute atomic E-state index is 11.0. The minimum Gasteiger partial charge on any atom is -0.480 e. The van der Waals surface area contributed by atoms with Crippen molar-refractivity contribution in [3.63, 3.8) is 0 Å². The van der Waals surface area contributed by atoms with Gasteiger partial charge >= 0.3 is 5.97 Å². The molecule has 1 N–H and O–H groups in total. The van der Waals surface area contributed by atoms with Crippen molar-refractivity contribution in [2.75, 3.05) is 13.1 Å². The molecule has 0 saturated heterocycles. The van der Waals surface area contributed by atoms with Crippen LogP contribution < -0.4 is 0 Å². The van der Waals surface area contributed by atoms with E-state index in [0.29, 0.717) is 5.92 Å². The molecule has 4 heteroatoms. The highest BCUT2D eigenvalue weighted by molar-refractivity contribution is 7.17. The number of hydrogen-bond acceptors (Lipinski definition) is 3. The van der Waals surface area contributed by atoms with Crippen LogP contribution in [0.15, 0.2) is 29.6 Å². The van der Waals surface area contributed by atoms with Gasteiger partial charge in [-0.3, -0.25) is 9.69 Å². The van der Waals surface area contributed by atoms with Crippen molar-refractivity contribution in [2.45, 2.75) is 19.4 Å². The van der Waals surface area contributed by atoms with Gasteiger partial charge in [-0.2, -0.15) is 0 Å². The smallest absolute Gasteiger partial charge is 0.317 e. The molecule has 100 valence electrons. The van der Waals surface area contributed by atoms with E-state index in [-0.39, 0.29) is 6.54 Å². The minimum atomic E-state index is -0.736. The molecular formula is C15H17NO2S. The molecule has 0 atom stereocenters. The van der Waals surface area contributed by atoms with Gasteiger partial charge in [0.2, 0.25) is 0 Å². The lowest BCUT2D eigenvalue weighted by atomic mass is 10.1. The van der Waals surface area contributed by atoms with Crippen LogP contribution in [-0.2, 0) is 11.3 Å². The van der Waals surface area contributed by atoms with E-state index in [1.54, 1.807) is 11.3 Å². The molecule has 0 radical (unpaired) electrons. The van der Waals surface area contributed by atoms with Crippen LogP contribution in [0.1, 0.15) is 18.4 Å². The third-order valence-electron chi connectivity index (χ3n) is 3.53. The van der Waals surface area contributed by atoms with Gasteiger partial charge in [0.15, 0.2) is 0 Å². The average molecular weight is 275 g/mol. The highest BCUT2D eigenvalue weighted by Crippen LogP contribution is 2.31. The Morgan fingerprint density at radius 2 is 2.16 bits per heavy atom. The highest BCUT2D eigenvalue weighted by Gasteiger charge is 2.25. The average Bonchev–Trinajstić information content (AvgIpc) is 3.09. The van der Waals surface area contributed by atoms with E-state index in [1.165, 1.54) is 28.5 Å². The fourth-order valence-electron chi connectivity index (χ4n) is 2.44. The maximum atomic E-state index is 11.0.